The number of methoxy groups -OCH3 is 2. The summed E-state index contributed by atoms with van der Waals surface area (Å²) in [5.74, 6) is 1.02. The first-order chi connectivity index (χ1) is 38.3. The topological polar surface area (TPSA) is 249 Å². The maximum absolute atomic E-state index is 13.6. The Balaban J connectivity index is 0.000000203. The summed E-state index contributed by atoms with van der Waals surface area (Å²) in [6, 6.07) is 26.7. The molecule has 0 saturated carbocycles. The zero-order chi connectivity index (χ0) is 57.4. The molecule has 0 unspecified atom stereocenters. The van der Waals surface area contributed by atoms with Crippen molar-refractivity contribution in [3.05, 3.63) is 110 Å². The second kappa shape index (κ2) is 24.7. The number of urea groups is 2. The summed E-state index contributed by atoms with van der Waals surface area (Å²) in [5, 5.41) is 27.3. The minimum atomic E-state index is -0.596. The van der Waals surface area contributed by atoms with Gasteiger partial charge in [0, 0.05) is 122 Å². The number of nitrogens with zero attached hydrogens (tertiary/aromatic N) is 11. The number of aryl methyl sites for hydroxylation is 2. The number of anilines is 2. The maximum Gasteiger partial charge on any atom is 0.410 e. The molecule has 2 saturated heterocycles. The van der Waals surface area contributed by atoms with Gasteiger partial charge in [0.05, 0.1) is 48.0 Å². The number of rotatable bonds is 8. The van der Waals surface area contributed by atoms with Gasteiger partial charge in [0.1, 0.15) is 41.1 Å². The van der Waals surface area contributed by atoms with Crippen LogP contribution in [0.4, 0.5) is 25.8 Å². The standard InChI is InChI=1S/C31H37N7O4.C26H29N7O2.CH2O2/c1-19-16-38(30(40)42-31(3,4)5)20(2)15-37(19)29(39)34-25-13-22-24(14-26(25)41-7)32-18-33-28(22)23-17-36(6)35-27(23)21-11-9-8-10-12-21;1-16-13-33(17(2)12-27-16)26(34)30-22-10-19-21(11-23(22)35-4)28-15-29-25(19)20-14-32(3)31-24(20)18-8-6-5-7-9-18;2-1-3/h8-14,17-20H,15-16H2,1-7H3,(H,34,39);5-11,14-17,27H,12-13H2,1-4H3,(H,30,34);1H,(H,2,3)/t19-,20-;16-,17-;/m00./s1. The van der Waals surface area contributed by atoms with Gasteiger partial charge in [0.15, 0.2) is 0 Å². The molecule has 22 nitrogen and oxygen atoms in total. The molecule has 0 aliphatic carbocycles. The van der Waals surface area contributed by atoms with Gasteiger partial charge in [-0.05, 0) is 60.6 Å². The van der Waals surface area contributed by atoms with Crippen molar-refractivity contribution in [1.29, 1.82) is 0 Å². The molecule has 2 aliphatic heterocycles. The zero-order valence-electron chi connectivity index (χ0n) is 46.8. The molecule has 0 spiro atoms. The zero-order valence-corrected chi connectivity index (χ0v) is 46.8. The van der Waals surface area contributed by atoms with Gasteiger partial charge >= 0.3 is 18.2 Å². The lowest BCUT2D eigenvalue weighted by Crippen LogP contribution is -2.60. The van der Waals surface area contributed by atoms with Crippen LogP contribution in [0.1, 0.15) is 48.5 Å². The van der Waals surface area contributed by atoms with E-state index in [4.69, 9.17) is 34.3 Å². The summed E-state index contributed by atoms with van der Waals surface area (Å²) in [6.45, 7) is 15.3. The SMILES string of the molecule is COc1cc2ncnc(-c3cn(C)nc3-c3ccccc3)c2cc1NC(=O)N1C[C@H](C)N(C(=O)OC(C)(C)C)C[C@@H]1C.COc1cc2ncnc(-c3cn(C)nc3-c3ccccc3)c2cc1NC(=O)N1C[C@H](C)NC[C@@H]1C.O=CO. The number of carbonyl (C=O) groups is 4. The second-order valence-electron chi connectivity index (χ2n) is 20.7. The van der Waals surface area contributed by atoms with Gasteiger partial charge in [0.2, 0.25) is 0 Å². The van der Waals surface area contributed by atoms with E-state index < -0.39 is 5.60 Å². The fourth-order valence-corrected chi connectivity index (χ4v) is 9.74. The van der Waals surface area contributed by atoms with Crippen LogP contribution >= 0.6 is 0 Å². The average Bonchev–Trinajstić information content (AvgIpc) is 4.14. The number of fused-ring (bicyclic) bond motifs is 2. The van der Waals surface area contributed by atoms with E-state index in [1.165, 1.54) is 6.33 Å². The molecule has 4 aromatic carbocycles. The molecule has 80 heavy (non-hydrogen) atoms. The largest absolute Gasteiger partial charge is 0.494 e. The maximum atomic E-state index is 13.6. The van der Waals surface area contributed by atoms with Crippen molar-refractivity contribution in [3.63, 3.8) is 0 Å². The Morgan fingerprint density at radius 2 is 1.05 bits per heavy atom. The van der Waals surface area contributed by atoms with Crippen LogP contribution in [0, 0.1) is 0 Å². The molecule has 4 aromatic heterocycles. The van der Waals surface area contributed by atoms with Crippen molar-refractivity contribution >= 4 is 57.8 Å². The van der Waals surface area contributed by atoms with Gasteiger partial charge in [-0.1, -0.05) is 60.7 Å². The lowest BCUT2D eigenvalue weighted by atomic mass is 10.0. The minimum Gasteiger partial charge on any atom is -0.494 e. The number of carbonyl (C=O) groups excluding carboxylic acids is 3. The van der Waals surface area contributed by atoms with Crippen LogP contribution in [0.25, 0.3) is 66.8 Å². The van der Waals surface area contributed by atoms with E-state index in [9.17, 15) is 14.4 Å². The van der Waals surface area contributed by atoms with Crippen LogP contribution in [0.5, 0.6) is 11.5 Å². The number of nitrogens with one attached hydrogen (secondary N) is 3. The van der Waals surface area contributed by atoms with Crippen LogP contribution in [0.3, 0.4) is 0 Å². The van der Waals surface area contributed by atoms with Crippen molar-refractivity contribution in [3.8, 4) is 56.5 Å². The average molecular weight is 1090 g/mol. The van der Waals surface area contributed by atoms with Crippen molar-refractivity contribution in [2.24, 2.45) is 14.1 Å². The molecule has 5 amide bonds. The van der Waals surface area contributed by atoms with Gasteiger partial charge in [-0.25, -0.2) is 34.3 Å². The summed E-state index contributed by atoms with van der Waals surface area (Å²) >= 11 is 0. The first kappa shape index (κ1) is 57.0. The Kier molecular flexibility index (Phi) is 17.6. The first-order valence-electron chi connectivity index (χ1n) is 26.1. The molecule has 0 radical (unpaired) electrons. The molecular weight excluding hydrogens is 1020 g/mol. The van der Waals surface area contributed by atoms with Gasteiger partial charge in [-0.2, -0.15) is 10.2 Å². The summed E-state index contributed by atoms with van der Waals surface area (Å²) < 4.78 is 20.4. The molecule has 6 heterocycles. The van der Waals surface area contributed by atoms with Crippen LogP contribution in [-0.4, -0.2) is 154 Å². The fraction of sp³-hybridized carbons (Fsp3) is 0.345. The quantitative estimate of drug-likeness (QED) is 0.104. The highest BCUT2D eigenvalue weighted by molar-refractivity contribution is 6.03. The Hall–Kier alpha value is -9.18. The number of piperazine rings is 2. The monoisotopic (exact) mass is 1090 g/mol. The predicted octanol–water partition coefficient (Wildman–Crippen LogP) is 9.19. The van der Waals surface area contributed by atoms with Crippen molar-refractivity contribution in [2.45, 2.75) is 78.2 Å². The smallest absolute Gasteiger partial charge is 0.410 e. The van der Waals surface area contributed by atoms with E-state index in [0.717, 1.165) is 62.2 Å². The second-order valence-corrected chi connectivity index (χ2v) is 20.7. The van der Waals surface area contributed by atoms with Crippen molar-refractivity contribution < 1.29 is 38.5 Å². The number of amides is 5. The molecule has 8 aromatic rings. The molecule has 418 valence electrons. The third-order valence-corrected chi connectivity index (χ3v) is 13.6. The van der Waals surface area contributed by atoms with Crippen LogP contribution in [0.15, 0.2) is 110 Å². The molecular formula is C58H68N14O8. The van der Waals surface area contributed by atoms with Gasteiger partial charge in [-0.3, -0.25) is 14.2 Å². The first-order valence-corrected chi connectivity index (χ1v) is 26.1. The van der Waals surface area contributed by atoms with Gasteiger partial charge in [-0.15, -0.1) is 0 Å². The normalized spacial score (nSPS) is 17.1. The lowest BCUT2D eigenvalue weighted by molar-refractivity contribution is -0.122. The summed E-state index contributed by atoms with van der Waals surface area (Å²) in [4.78, 5) is 71.4. The van der Waals surface area contributed by atoms with E-state index in [0.29, 0.717) is 53.7 Å². The highest BCUT2D eigenvalue weighted by Gasteiger charge is 2.37. The van der Waals surface area contributed by atoms with E-state index in [2.05, 4.69) is 42.8 Å². The Morgan fingerprint density at radius 1 is 0.625 bits per heavy atom. The van der Waals surface area contributed by atoms with E-state index in [1.54, 1.807) is 45.8 Å². The molecule has 0 bridgehead atoms. The van der Waals surface area contributed by atoms with Crippen molar-refractivity contribution in [1.82, 2.24) is 59.5 Å². The minimum absolute atomic E-state index is 0.0837. The third kappa shape index (κ3) is 12.9. The Labute approximate surface area is 464 Å². The van der Waals surface area contributed by atoms with Crippen LogP contribution in [-0.2, 0) is 23.6 Å². The summed E-state index contributed by atoms with van der Waals surface area (Å²) in [7, 11) is 6.91. The number of ether oxygens (including phenoxy) is 3. The molecule has 22 heteroatoms. The third-order valence-electron chi connectivity index (χ3n) is 13.6. The summed E-state index contributed by atoms with van der Waals surface area (Å²) in [6.07, 6.45) is 6.57. The number of benzene rings is 4. The van der Waals surface area contributed by atoms with Crippen molar-refractivity contribution in [2.75, 3.05) is 51.0 Å². The van der Waals surface area contributed by atoms with Crippen LogP contribution in [0.2, 0.25) is 0 Å². The van der Waals surface area contributed by atoms with E-state index >= 15 is 0 Å². The Bertz CT molecular complexity index is 3490. The molecule has 2 fully saturated rings. The number of aromatic nitrogens is 8. The fourth-order valence-electron chi connectivity index (χ4n) is 9.74. The highest BCUT2D eigenvalue weighted by atomic mass is 16.6. The van der Waals surface area contributed by atoms with Crippen LogP contribution < -0.4 is 25.4 Å². The predicted molar refractivity (Wildman–Crippen MR) is 306 cm³/mol. The molecule has 4 N–H and O–H groups in total. The van der Waals surface area contributed by atoms with Gasteiger partial charge in [0.25, 0.3) is 6.47 Å². The molecule has 10 rings (SSSR count). The number of hydrogen-bond acceptors (Lipinski definition) is 14. The highest BCUT2D eigenvalue weighted by Crippen LogP contribution is 2.40. The Morgan fingerprint density at radius 3 is 1.49 bits per heavy atom. The molecule has 2 aliphatic rings. The lowest BCUT2D eigenvalue weighted by Gasteiger charge is -2.44. The van der Waals surface area contributed by atoms with E-state index in [1.807, 2.05) is 152 Å². The molecule has 4 atom stereocenters. The summed E-state index contributed by atoms with van der Waals surface area (Å²) in [5.41, 5.74) is 8.62. The number of hydrogen-bond donors (Lipinski definition) is 4. The number of carboxylic acid groups (broad SMARTS) is 1. The van der Waals surface area contributed by atoms with Gasteiger partial charge < -0.3 is 50.0 Å². The van der Waals surface area contributed by atoms with E-state index in [-0.39, 0.29) is 48.8 Å².